The van der Waals surface area contributed by atoms with Gasteiger partial charge in [-0.1, -0.05) is 11.6 Å². The molecule has 1 aliphatic rings. The Hall–Kier alpha value is -3.99. The molecule has 3 aromatic rings. The molecule has 1 aliphatic heterocycles. The van der Waals surface area contributed by atoms with Crippen molar-refractivity contribution in [3.63, 3.8) is 0 Å². The molecular formula is C22H16ClF5N6O3. The second-order valence-electron chi connectivity index (χ2n) is 8.20. The topological polar surface area (TPSA) is 124 Å². The first-order valence-corrected chi connectivity index (χ1v) is 11.0. The van der Waals surface area contributed by atoms with Crippen molar-refractivity contribution in [1.29, 1.82) is 5.26 Å². The van der Waals surface area contributed by atoms with Crippen LogP contribution in [0.1, 0.15) is 40.0 Å². The Morgan fingerprint density at radius 3 is 2.51 bits per heavy atom. The number of halogens is 6. The molecule has 194 valence electrons. The highest BCUT2D eigenvalue weighted by atomic mass is 35.5. The van der Waals surface area contributed by atoms with Crippen molar-refractivity contribution in [2.45, 2.75) is 31.5 Å². The van der Waals surface area contributed by atoms with Crippen LogP contribution in [0.2, 0.25) is 5.15 Å². The third-order valence-electron chi connectivity index (χ3n) is 5.75. The minimum absolute atomic E-state index is 0.0676. The van der Waals surface area contributed by atoms with Crippen molar-refractivity contribution in [2.24, 2.45) is 0 Å². The molecule has 0 atom stereocenters. The van der Waals surface area contributed by atoms with Crippen molar-refractivity contribution in [1.82, 2.24) is 14.4 Å². The minimum atomic E-state index is -4.87. The van der Waals surface area contributed by atoms with Crippen molar-refractivity contribution in [3.8, 4) is 6.07 Å². The van der Waals surface area contributed by atoms with E-state index in [1.165, 1.54) is 17.0 Å². The van der Waals surface area contributed by atoms with E-state index in [0.717, 1.165) is 6.07 Å². The van der Waals surface area contributed by atoms with Gasteiger partial charge in [-0.2, -0.15) is 18.4 Å². The van der Waals surface area contributed by atoms with Gasteiger partial charge in [0, 0.05) is 44.2 Å². The molecule has 0 saturated carbocycles. The largest absolute Gasteiger partial charge is 0.476 e. The molecule has 1 fully saturated rings. The predicted octanol–water partition coefficient (Wildman–Crippen LogP) is 4.18. The zero-order valence-corrected chi connectivity index (χ0v) is 19.4. The van der Waals surface area contributed by atoms with Crippen LogP contribution in [-0.2, 0) is 12.7 Å². The molecule has 2 N–H and O–H groups in total. The van der Waals surface area contributed by atoms with Gasteiger partial charge in [-0.05, 0) is 18.2 Å². The first-order chi connectivity index (χ1) is 17.3. The number of alkyl halides is 5. The van der Waals surface area contributed by atoms with Crippen LogP contribution in [0, 0.1) is 11.3 Å². The van der Waals surface area contributed by atoms with E-state index >= 15 is 0 Å². The third-order valence-corrected chi connectivity index (χ3v) is 5.96. The zero-order chi connectivity index (χ0) is 27.1. The number of nitriles is 1. The third kappa shape index (κ3) is 5.26. The number of carbonyl (C=O) groups is 1. The van der Waals surface area contributed by atoms with E-state index in [4.69, 9.17) is 11.6 Å². The molecule has 0 aliphatic carbocycles. The highest BCUT2D eigenvalue weighted by Crippen LogP contribution is 2.33. The van der Waals surface area contributed by atoms with Crippen LogP contribution >= 0.6 is 11.6 Å². The van der Waals surface area contributed by atoms with E-state index in [9.17, 15) is 41.9 Å². The van der Waals surface area contributed by atoms with E-state index in [1.54, 1.807) is 6.07 Å². The number of aromatic nitrogens is 3. The minimum Gasteiger partial charge on any atom is -0.476 e. The quantitative estimate of drug-likeness (QED) is 0.363. The van der Waals surface area contributed by atoms with Crippen LogP contribution < -0.4 is 15.8 Å². The second-order valence-corrected chi connectivity index (χ2v) is 8.59. The number of hydrogen-bond acceptors (Lipinski definition) is 7. The first-order valence-electron chi connectivity index (χ1n) is 10.6. The summed E-state index contributed by atoms with van der Waals surface area (Å²) in [5.74, 6) is -4.60. The smallest absolute Gasteiger partial charge is 0.417 e. The summed E-state index contributed by atoms with van der Waals surface area (Å²) in [6, 6.07) is 4.88. The summed E-state index contributed by atoms with van der Waals surface area (Å²) < 4.78 is 68.8. The summed E-state index contributed by atoms with van der Waals surface area (Å²) in [6.07, 6.45) is -5.49. The summed E-state index contributed by atoms with van der Waals surface area (Å²) in [4.78, 5) is 33.8. The Morgan fingerprint density at radius 2 is 1.92 bits per heavy atom. The number of anilines is 2. The van der Waals surface area contributed by atoms with Gasteiger partial charge >= 0.3 is 12.1 Å². The zero-order valence-electron chi connectivity index (χ0n) is 18.6. The lowest BCUT2D eigenvalue weighted by atomic mass is 10.1. The number of aromatic carboxylic acids is 1. The fourth-order valence-corrected chi connectivity index (χ4v) is 4.03. The maximum atomic E-state index is 13.7. The van der Waals surface area contributed by atoms with Gasteiger partial charge in [0.2, 0.25) is 0 Å². The van der Waals surface area contributed by atoms with Crippen LogP contribution in [0.5, 0.6) is 0 Å². The number of piperidine rings is 1. The summed E-state index contributed by atoms with van der Waals surface area (Å²) >= 11 is 5.73. The van der Waals surface area contributed by atoms with E-state index in [0.29, 0.717) is 10.6 Å². The highest BCUT2D eigenvalue weighted by Gasteiger charge is 2.36. The van der Waals surface area contributed by atoms with Crippen molar-refractivity contribution >= 4 is 34.7 Å². The molecule has 1 saturated heterocycles. The number of fused-ring (bicyclic) bond motifs is 1. The Balaban J connectivity index is 1.86. The second kappa shape index (κ2) is 9.47. The van der Waals surface area contributed by atoms with Gasteiger partial charge in [0.05, 0.1) is 11.3 Å². The van der Waals surface area contributed by atoms with Crippen LogP contribution in [0.15, 0.2) is 29.2 Å². The van der Waals surface area contributed by atoms with E-state index in [1.807, 2.05) is 0 Å². The van der Waals surface area contributed by atoms with E-state index < -0.39 is 59.8 Å². The van der Waals surface area contributed by atoms with Gasteiger partial charge in [-0.15, -0.1) is 0 Å². The number of nitrogens with zero attached hydrogens (tertiary/aromatic N) is 5. The Kier molecular flexibility index (Phi) is 6.68. The normalized spacial score (nSPS) is 15.4. The van der Waals surface area contributed by atoms with Gasteiger partial charge in [0.1, 0.15) is 16.9 Å². The summed E-state index contributed by atoms with van der Waals surface area (Å²) in [7, 11) is 0. The van der Waals surface area contributed by atoms with Gasteiger partial charge in [0.25, 0.3) is 11.5 Å². The maximum Gasteiger partial charge on any atom is 0.417 e. The predicted molar refractivity (Wildman–Crippen MR) is 121 cm³/mol. The molecule has 0 amide bonds. The van der Waals surface area contributed by atoms with E-state index in [-0.39, 0.29) is 41.0 Å². The van der Waals surface area contributed by atoms with E-state index in [2.05, 4.69) is 15.3 Å². The SMILES string of the molecule is N#Cc1c(N2CCC(F)(F)CC2)nc2c(CNc3ccc(Cl)nc3C(=O)O)cc(C(F)(F)F)cn2c1=O. The summed E-state index contributed by atoms with van der Waals surface area (Å²) in [5, 5.41) is 21.5. The fourth-order valence-electron chi connectivity index (χ4n) is 3.89. The number of carboxylic acid groups (broad SMARTS) is 1. The first kappa shape index (κ1) is 26.1. The molecule has 3 aromatic heterocycles. The molecule has 37 heavy (non-hydrogen) atoms. The van der Waals surface area contributed by atoms with Crippen molar-refractivity contribution < 1.29 is 31.9 Å². The number of carboxylic acids is 1. The molecule has 0 unspecified atom stereocenters. The standard InChI is InChI=1S/C22H16ClF5N6O3/c23-15-2-1-14(16(31-15)20(36)37)30-9-11-7-12(22(26,27)28)10-34-17(11)32-18(13(8-29)19(34)35)33-5-3-21(24,25)4-6-33/h1-2,7,10,30H,3-6,9H2,(H,36,37). The number of rotatable bonds is 5. The Labute approximate surface area is 209 Å². The van der Waals surface area contributed by atoms with Gasteiger partial charge in [-0.3, -0.25) is 9.20 Å². The van der Waals surface area contributed by atoms with Crippen LogP contribution in [0.3, 0.4) is 0 Å². The lowest BCUT2D eigenvalue weighted by Crippen LogP contribution is -2.41. The molecular weight excluding hydrogens is 527 g/mol. The molecule has 0 aromatic carbocycles. The van der Waals surface area contributed by atoms with Crippen molar-refractivity contribution in [3.05, 3.63) is 62.3 Å². The lowest BCUT2D eigenvalue weighted by Gasteiger charge is -2.33. The van der Waals surface area contributed by atoms with Crippen LogP contribution in [0.25, 0.3) is 5.65 Å². The number of pyridine rings is 2. The maximum absolute atomic E-state index is 13.7. The summed E-state index contributed by atoms with van der Waals surface area (Å²) in [6.45, 7) is -0.888. The van der Waals surface area contributed by atoms with Gasteiger partial charge in [-0.25, -0.2) is 23.5 Å². The van der Waals surface area contributed by atoms with Gasteiger partial charge in [0.15, 0.2) is 17.1 Å². The van der Waals surface area contributed by atoms with Gasteiger partial charge < -0.3 is 15.3 Å². The fraction of sp³-hybridized carbons (Fsp3) is 0.318. The lowest BCUT2D eigenvalue weighted by molar-refractivity contribution is -0.137. The molecule has 15 heteroatoms. The Bertz CT molecular complexity index is 1490. The highest BCUT2D eigenvalue weighted by molar-refractivity contribution is 6.29. The average Bonchev–Trinajstić information content (AvgIpc) is 2.82. The molecule has 0 bridgehead atoms. The monoisotopic (exact) mass is 542 g/mol. The molecule has 4 rings (SSSR count). The van der Waals surface area contributed by atoms with Crippen molar-refractivity contribution in [2.75, 3.05) is 23.3 Å². The number of nitrogens with one attached hydrogen (secondary N) is 1. The molecule has 0 spiro atoms. The molecule has 9 nitrogen and oxygen atoms in total. The number of hydrogen-bond donors (Lipinski definition) is 2. The Morgan fingerprint density at radius 1 is 1.24 bits per heavy atom. The van der Waals surface area contributed by atoms with Crippen LogP contribution in [0.4, 0.5) is 33.5 Å². The summed E-state index contributed by atoms with van der Waals surface area (Å²) in [5.41, 5.74) is -3.91. The van der Waals surface area contributed by atoms with Crippen LogP contribution in [-0.4, -0.2) is 44.5 Å². The molecule has 4 heterocycles. The molecule has 0 radical (unpaired) electrons. The average molecular weight is 543 g/mol.